The van der Waals surface area contributed by atoms with Gasteiger partial charge in [0.1, 0.15) is 11.6 Å². The van der Waals surface area contributed by atoms with Gasteiger partial charge in [-0.15, -0.1) is 0 Å². The van der Waals surface area contributed by atoms with Gasteiger partial charge in [0.25, 0.3) is 0 Å². The Morgan fingerprint density at radius 1 is 1.04 bits per heavy atom. The maximum atomic E-state index is 13.5. The molecule has 2 unspecified atom stereocenters. The molecular formula is C16H16ClF2N3O2S. The number of halogens is 3. The van der Waals surface area contributed by atoms with Gasteiger partial charge in [-0.3, -0.25) is 4.68 Å². The fourth-order valence-electron chi connectivity index (χ4n) is 4.03. The molecule has 0 saturated carbocycles. The summed E-state index contributed by atoms with van der Waals surface area (Å²) in [6.45, 7) is 0. The molecule has 2 aromatic rings. The monoisotopic (exact) mass is 387 g/mol. The van der Waals surface area contributed by atoms with E-state index in [0.29, 0.717) is 23.9 Å². The maximum Gasteiger partial charge on any atom is 0.243 e. The molecule has 5 nitrogen and oxygen atoms in total. The van der Waals surface area contributed by atoms with Crippen molar-refractivity contribution in [3.63, 3.8) is 0 Å². The quantitative estimate of drug-likeness (QED) is 0.811. The standard InChI is InChI=1S/C16H16ClF2N3O2S/c17-10-8-20-21(9-10)15-6-13-1-2-14(7-15)22(13)25(23,24)16-4-11(18)3-12(19)5-16/h3-5,8-9,13-15H,1-2,6-7H2. The van der Waals surface area contributed by atoms with E-state index in [0.717, 1.165) is 25.0 Å². The first-order valence-corrected chi connectivity index (χ1v) is 9.85. The number of fused-ring (bicyclic) bond motifs is 2. The first kappa shape index (κ1) is 16.9. The fourth-order valence-corrected chi connectivity index (χ4v) is 6.11. The molecule has 2 aliphatic heterocycles. The van der Waals surface area contributed by atoms with Gasteiger partial charge in [-0.1, -0.05) is 11.6 Å². The van der Waals surface area contributed by atoms with Crippen molar-refractivity contribution in [2.24, 2.45) is 0 Å². The second kappa shape index (κ2) is 6.03. The molecule has 2 fully saturated rings. The molecule has 0 N–H and O–H groups in total. The summed E-state index contributed by atoms with van der Waals surface area (Å²) in [5.41, 5.74) is 0. The number of hydrogen-bond acceptors (Lipinski definition) is 3. The van der Waals surface area contributed by atoms with Crippen LogP contribution in [0.1, 0.15) is 31.7 Å². The van der Waals surface area contributed by atoms with Gasteiger partial charge in [-0.2, -0.15) is 9.40 Å². The minimum Gasteiger partial charge on any atom is -0.268 e. The highest BCUT2D eigenvalue weighted by Gasteiger charge is 2.47. The zero-order valence-electron chi connectivity index (χ0n) is 13.1. The van der Waals surface area contributed by atoms with E-state index in [-0.39, 0.29) is 23.0 Å². The van der Waals surface area contributed by atoms with Crippen LogP contribution >= 0.6 is 11.6 Å². The first-order valence-electron chi connectivity index (χ1n) is 8.04. The van der Waals surface area contributed by atoms with Crippen molar-refractivity contribution < 1.29 is 17.2 Å². The van der Waals surface area contributed by atoms with Crippen molar-refractivity contribution in [2.75, 3.05) is 0 Å². The van der Waals surface area contributed by atoms with Crippen LogP contribution < -0.4 is 0 Å². The second-order valence-electron chi connectivity index (χ2n) is 6.59. The molecule has 1 aromatic carbocycles. The molecule has 2 bridgehead atoms. The van der Waals surface area contributed by atoms with E-state index in [1.165, 1.54) is 4.31 Å². The van der Waals surface area contributed by atoms with Gasteiger partial charge in [-0.25, -0.2) is 17.2 Å². The molecular weight excluding hydrogens is 372 g/mol. The van der Waals surface area contributed by atoms with Gasteiger partial charge in [0.15, 0.2) is 0 Å². The zero-order valence-corrected chi connectivity index (χ0v) is 14.7. The Morgan fingerprint density at radius 2 is 1.64 bits per heavy atom. The summed E-state index contributed by atoms with van der Waals surface area (Å²) in [5, 5.41) is 4.76. The molecule has 2 saturated heterocycles. The van der Waals surface area contributed by atoms with E-state index in [1.54, 1.807) is 17.1 Å². The van der Waals surface area contributed by atoms with Crippen molar-refractivity contribution in [3.05, 3.63) is 47.2 Å². The van der Waals surface area contributed by atoms with Gasteiger partial charge < -0.3 is 0 Å². The third-order valence-electron chi connectivity index (χ3n) is 5.00. The minimum absolute atomic E-state index is 0.0701. The predicted molar refractivity (Wildman–Crippen MR) is 87.7 cm³/mol. The van der Waals surface area contributed by atoms with Crippen LogP contribution in [-0.4, -0.2) is 34.6 Å². The summed E-state index contributed by atoms with van der Waals surface area (Å²) in [4.78, 5) is -0.331. The van der Waals surface area contributed by atoms with E-state index >= 15 is 0 Å². The first-order chi connectivity index (χ1) is 11.8. The van der Waals surface area contributed by atoms with Crippen LogP contribution in [0.25, 0.3) is 0 Å². The molecule has 0 amide bonds. The Hall–Kier alpha value is -1.51. The molecule has 0 radical (unpaired) electrons. The summed E-state index contributed by atoms with van der Waals surface area (Å²) in [5.74, 6) is -1.79. The maximum absolute atomic E-state index is 13.5. The zero-order chi connectivity index (χ0) is 17.8. The van der Waals surface area contributed by atoms with Crippen molar-refractivity contribution >= 4 is 21.6 Å². The second-order valence-corrected chi connectivity index (χ2v) is 8.87. The van der Waals surface area contributed by atoms with E-state index in [4.69, 9.17) is 11.6 Å². The molecule has 4 rings (SSSR count). The van der Waals surface area contributed by atoms with Crippen molar-refractivity contribution in [2.45, 2.75) is 48.7 Å². The minimum atomic E-state index is -3.95. The van der Waals surface area contributed by atoms with E-state index < -0.39 is 21.7 Å². The smallest absolute Gasteiger partial charge is 0.243 e. The van der Waals surface area contributed by atoms with Crippen LogP contribution in [-0.2, 0) is 10.0 Å². The molecule has 0 aliphatic carbocycles. The Labute approximate surface area is 149 Å². The lowest BCUT2D eigenvalue weighted by atomic mass is 10.00. The predicted octanol–water partition coefficient (Wildman–Crippen LogP) is 3.37. The molecule has 2 atom stereocenters. The summed E-state index contributed by atoms with van der Waals surface area (Å²) >= 11 is 5.92. The molecule has 25 heavy (non-hydrogen) atoms. The van der Waals surface area contributed by atoms with Crippen LogP contribution in [0.15, 0.2) is 35.5 Å². The normalized spacial score (nSPS) is 26.9. The van der Waals surface area contributed by atoms with Crippen LogP contribution in [0.5, 0.6) is 0 Å². The number of hydrogen-bond donors (Lipinski definition) is 0. The largest absolute Gasteiger partial charge is 0.268 e. The number of rotatable bonds is 3. The Bertz CT molecular complexity index is 884. The Kier molecular flexibility index (Phi) is 4.09. The Morgan fingerprint density at radius 3 is 2.16 bits per heavy atom. The summed E-state index contributed by atoms with van der Waals surface area (Å²) in [6.07, 6.45) is 5.96. The van der Waals surface area contributed by atoms with Crippen LogP contribution in [0.2, 0.25) is 5.02 Å². The molecule has 9 heteroatoms. The molecule has 0 spiro atoms. The Balaban J connectivity index is 1.64. The summed E-state index contributed by atoms with van der Waals surface area (Å²) in [7, 11) is -3.95. The number of sulfonamides is 1. The molecule has 2 aliphatic rings. The average Bonchev–Trinajstić information content (AvgIpc) is 3.08. The number of nitrogens with zero attached hydrogens (tertiary/aromatic N) is 3. The number of aromatic nitrogens is 2. The van der Waals surface area contributed by atoms with E-state index in [1.807, 2.05) is 0 Å². The lowest BCUT2D eigenvalue weighted by Gasteiger charge is -2.37. The lowest BCUT2D eigenvalue weighted by Crippen LogP contribution is -2.46. The molecule has 134 valence electrons. The third-order valence-corrected chi connectivity index (χ3v) is 7.17. The molecule has 3 heterocycles. The SMILES string of the molecule is O=S(=O)(c1cc(F)cc(F)c1)N1C2CCC1CC(n1cc(Cl)cn1)C2. The van der Waals surface area contributed by atoms with Crippen molar-refractivity contribution in [1.29, 1.82) is 0 Å². The van der Waals surface area contributed by atoms with Gasteiger partial charge >= 0.3 is 0 Å². The average molecular weight is 388 g/mol. The van der Waals surface area contributed by atoms with Crippen molar-refractivity contribution in [3.8, 4) is 0 Å². The van der Waals surface area contributed by atoms with Crippen LogP contribution in [0, 0.1) is 11.6 Å². The number of piperidine rings is 1. The van der Waals surface area contributed by atoms with Gasteiger partial charge in [0.05, 0.1) is 22.2 Å². The third kappa shape index (κ3) is 2.96. The molecule has 1 aromatic heterocycles. The fraction of sp³-hybridized carbons (Fsp3) is 0.438. The highest BCUT2D eigenvalue weighted by atomic mass is 35.5. The van der Waals surface area contributed by atoms with Crippen molar-refractivity contribution in [1.82, 2.24) is 14.1 Å². The van der Waals surface area contributed by atoms with E-state index in [2.05, 4.69) is 5.10 Å². The topological polar surface area (TPSA) is 55.2 Å². The lowest BCUT2D eigenvalue weighted by molar-refractivity contribution is 0.184. The van der Waals surface area contributed by atoms with E-state index in [9.17, 15) is 17.2 Å². The highest BCUT2D eigenvalue weighted by molar-refractivity contribution is 7.89. The summed E-state index contributed by atoms with van der Waals surface area (Å²) < 4.78 is 56.1. The van der Waals surface area contributed by atoms with Crippen LogP contribution in [0.4, 0.5) is 8.78 Å². The van der Waals surface area contributed by atoms with Gasteiger partial charge in [0, 0.05) is 24.3 Å². The summed E-state index contributed by atoms with van der Waals surface area (Å²) in [6, 6.07) is 2.07. The van der Waals surface area contributed by atoms with Gasteiger partial charge in [-0.05, 0) is 37.8 Å². The van der Waals surface area contributed by atoms with Gasteiger partial charge in [0.2, 0.25) is 10.0 Å². The highest BCUT2D eigenvalue weighted by Crippen LogP contribution is 2.43. The number of benzene rings is 1. The van der Waals surface area contributed by atoms with Crippen LogP contribution in [0.3, 0.4) is 0 Å².